The Labute approximate surface area is 167 Å². The van der Waals surface area contributed by atoms with Crippen LogP contribution >= 0.6 is 12.2 Å². The van der Waals surface area contributed by atoms with Gasteiger partial charge in [-0.2, -0.15) is 0 Å². The van der Waals surface area contributed by atoms with E-state index in [4.69, 9.17) is 26.1 Å². The van der Waals surface area contributed by atoms with Gasteiger partial charge in [0.15, 0.2) is 6.61 Å². The summed E-state index contributed by atoms with van der Waals surface area (Å²) in [5, 5.41) is 7.03. The molecular formula is C20H21N3O4S. The van der Waals surface area contributed by atoms with Gasteiger partial charge in [0.25, 0.3) is 10.7 Å². The number of hydrogen-bond donors (Lipinski definition) is 1. The molecule has 0 fully saturated rings. The van der Waals surface area contributed by atoms with Crippen molar-refractivity contribution in [3.8, 4) is 11.5 Å². The smallest absolute Gasteiger partial charge is 0.287 e. The molecule has 1 amide bonds. The molecule has 0 radical (unpaired) electrons. The highest BCUT2D eigenvalue weighted by atomic mass is 32.1. The third-order valence-corrected chi connectivity index (χ3v) is 4.31. The zero-order valence-corrected chi connectivity index (χ0v) is 16.7. The molecule has 0 bridgehead atoms. The molecule has 7 nitrogen and oxygen atoms in total. The van der Waals surface area contributed by atoms with E-state index in [-0.39, 0.29) is 23.9 Å². The molecule has 0 unspecified atom stereocenters. The fourth-order valence-electron chi connectivity index (χ4n) is 2.61. The van der Waals surface area contributed by atoms with Crippen molar-refractivity contribution in [2.75, 3.05) is 12.4 Å². The molecule has 3 rings (SSSR count). The van der Waals surface area contributed by atoms with Crippen LogP contribution in [0.15, 0.2) is 46.9 Å². The summed E-state index contributed by atoms with van der Waals surface area (Å²) < 4.78 is 17.7. The summed E-state index contributed by atoms with van der Waals surface area (Å²) in [6, 6.07) is 13.2. The number of anilines is 1. The van der Waals surface area contributed by atoms with Gasteiger partial charge in [0.2, 0.25) is 5.91 Å². The number of methoxy groups -OCH3 is 1. The number of hydrogen-bond acceptors (Lipinski definition) is 6. The van der Waals surface area contributed by atoms with Gasteiger partial charge in [-0.05, 0) is 55.4 Å². The van der Waals surface area contributed by atoms with Gasteiger partial charge in [-0.3, -0.25) is 4.79 Å². The van der Waals surface area contributed by atoms with Crippen LogP contribution in [0.4, 0.5) is 5.69 Å². The topological polar surface area (TPSA) is 78.5 Å². The Morgan fingerprint density at radius 1 is 1.21 bits per heavy atom. The molecule has 8 heteroatoms. The number of para-hydroxylation sites is 1. The summed E-state index contributed by atoms with van der Waals surface area (Å²) in [7, 11) is 1.55. The Kier molecular flexibility index (Phi) is 6.10. The van der Waals surface area contributed by atoms with Crippen LogP contribution in [0.3, 0.4) is 0 Å². The van der Waals surface area contributed by atoms with Crippen molar-refractivity contribution in [2.24, 2.45) is 0 Å². The van der Waals surface area contributed by atoms with Crippen molar-refractivity contribution in [3.63, 3.8) is 0 Å². The van der Waals surface area contributed by atoms with E-state index < -0.39 is 0 Å². The van der Waals surface area contributed by atoms with Crippen LogP contribution in [0.5, 0.6) is 11.5 Å². The Morgan fingerprint density at radius 2 is 2.00 bits per heavy atom. The van der Waals surface area contributed by atoms with Crippen LogP contribution in [0.25, 0.3) is 0 Å². The summed E-state index contributed by atoms with van der Waals surface area (Å²) >= 11 is 5.16. The van der Waals surface area contributed by atoms with Crippen molar-refractivity contribution in [3.05, 3.63) is 64.3 Å². The van der Waals surface area contributed by atoms with Crippen molar-refractivity contribution < 1.29 is 18.7 Å². The van der Waals surface area contributed by atoms with E-state index in [1.807, 2.05) is 50.2 Å². The number of nitrogens with zero attached hydrogens (tertiary/aromatic N) is 2. The Hall–Kier alpha value is -3.13. The highest BCUT2D eigenvalue weighted by Crippen LogP contribution is 2.25. The Balaban J connectivity index is 1.65. The van der Waals surface area contributed by atoms with Gasteiger partial charge in [-0.15, -0.1) is 5.10 Å². The molecule has 1 heterocycles. The van der Waals surface area contributed by atoms with Gasteiger partial charge in [0.05, 0.1) is 12.8 Å². The van der Waals surface area contributed by atoms with E-state index in [9.17, 15) is 4.79 Å². The van der Waals surface area contributed by atoms with E-state index in [2.05, 4.69) is 10.4 Å². The van der Waals surface area contributed by atoms with Gasteiger partial charge in [-0.1, -0.05) is 24.3 Å². The second-order valence-corrected chi connectivity index (χ2v) is 6.57. The molecular weight excluding hydrogens is 378 g/mol. The number of carbonyl (C=O) groups excluding carboxylic acids is 1. The summed E-state index contributed by atoms with van der Waals surface area (Å²) in [5.74, 6) is 1.33. The lowest BCUT2D eigenvalue weighted by atomic mass is 10.2. The van der Waals surface area contributed by atoms with Gasteiger partial charge < -0.3 is 19.2 Å². The van der Waals surface area contributed by atoms with Crippen molar-refractivity contribution >= 4 is 23.8 Å². The quantitative estimate of drug-likeness (QED) is 0.604. The molecule has 0 saturated heterocycles. The lowest BCUT2D eigenvalue weighted by Gasteiger charge is -2.10. The average molecular weight is 399 g/mol. The van der Waals surface area contributed by atoms with Crippen molar-refractivity contribution in [2.45, 2.75) is 27.0 Å². The maximum atomic E-state index is 12.4. The summed E-state index contributed by atoms with van der Waals surface area (Å²) in [6.45, 7) is 3.93. The number of aryl methyl sites for hydroxylation is 2. The van der Waals surface area contributed by atoms with Gasteiger partial charge in [0, 0.05) is 0 Å². The second-order valence-electron chi connectivity index (χ2n) is 6.23. The standard InChI is InChI=1S/C20H21N3O4S/c1-13-8-9-17(25-3)15(10-13)21-18(24)11-23-20(28)27-19(22-23)12-26-16-7-5-4-6-14(16)2/h4-10H,11-12H2,1-3H3,(H,21,24). The first-order valence-electron chi connectivity index (χ1n) is 8.66. The van der Waals surface area contributed by atoms with Gasteiger partial charge in [0.1, 0.15) is 18.0 Å². The van der Waals surface area contributed by atoms with E-state index in [0.29, 0.717) is 17.3 Å². The Bertz CT molecular complexity index is 1040. The first-order valence-corrected chi connectivity index (χ1v) is 9.07. The summed E-state index contributed by atoms with van der Waals surface area (Å²) in [5.41, 5.74) is 2.60. The molecule has 146 valence electrons. The number of rotatable bonds is 7. The van der Waals surface area contributed by atoms with Crippen LogP contribution in [0.2, 0.25) is 0 Å². The Morgan fingerprint density at radius 3 is 2.75 bits per heavy atom. The third kappa shape index (κ3) is 4.77. The SMILES string of the molecule is COc1ccc(C)cc1NC(=O)Cn1nc(COc2ccccc2C)oc1=S. The predicted molar refractivity (Wildman–Crippen MR) is 107 cm³/mol. The average Bonchev–Trinajstić information content (AvgIpc) is 3.00. The summed E-state index contributed by atoms with van der Waals surface area (Å²) in [4.78, 5) is 12.5. The predicted octanol–water partition coefficient (Wildman–Crippen LogP) is 4.05. The van der Waals surface area contributed by atoms with Crippen LogP contribution in [-0.2, 0) is 17.9 Å². The maximum Gasteiger partial charge on any atom is 0.287 e. The molecule has 0 aliphatic heterocycles. The van der Waals surface area contributed by atoms with Crippen molar-refractivity contribution in [1.29, 1.82) is 0 Å². The number of aromatic nitrogens is 2. The van der Waals surface area contributed by atoms with Crippen molar-refractivity contribution in [1.82, 2.24) is 9.78 Å². The first kappa shape index (κ1) is 19.6. The lowest BCUT2D eigenvalue weighted by molar-refractivity contribution is -0.117. The highest BCUT2D eigenvalue weighted by molar-refractivity contribution is 7.71. The second kappa shape index (κ2) is 8.71. The van der Waals surface area contributed by atoms with E-state index in [1.54, 1.807) is 13.2 Å². The lowest BCUT2D eigenvalue weighted by Crippen LogP contribution is -2.20. The number of amides is 1. The molecule has 3 aromatic rings. The normalized spacial score (nSPS) is 10.5. The van der Waals surface area contributed by atoms with Gasteiger partial charge >= 0.3 is 0 Å². The van der Waals surface area contributed by atoms with Crippen LogP contribution < -0.4 is 14.8 Å². The zero-order valence-electron chi connectivity index (χ0n) is 15.9. The molecule has 0 atom stereocenters. The number of nitrogens with one attached hydrogen (secondary N) is 1. The molecule has 1 N–H and O–H groups in total. The minimum atomic E-state index is -0.292. The van der Waals surface area contributed by atoms with Crippen LogP contribution in [0.1, 0.15) is 17.0 Å². The fraction of sp³-hybridized carbons (Fsp3) is 0.250. The fourth-order valence-corrected chi connectivity index (χ4v) is 2.81. The van der Waals surface area contributed by atoms with E-state index >= 15 is 0 Å². The molecule has 0 saturated carbocycles. The monoisotopic (exact) mass is 399 g/mol. The minimum Gasteiger partial charge on any atom is -0.495 e. The largest absolute Gasteiger partial charge is 0.495 e. The van der Waals surface area contributed by atoms with Crippen LogP contribution in [-0.4, -0.2) is 22.8 Å². The molecule has 1 aromatic heterocycles. The highest BCUT2D eigenvalue weighted by Gasteiger charge is 2.13. The van der Waals surface area contributed by atoms with E-state index in [0.717, 1.165) is 16.9 Å². The molecule has 28 heavy (non-hydrogen) atoms. The molecule has 0 aliphatic carbocycles. The van der Waals surface area contributed by atoms with Gasteiger partial charge in [-0.25, -0.2) is 4.68 Å². The molecule has 0 aliphatic rings. The minimum absolute atomic E-state index is 0.0796. The zero-order chi connectivity index (χ0) is 20.1. The number of ether oxygens (including phenoxy) is 2. The van der Waals surface area contributed by atoms with Crippen LogP contribution in [0, 0.1) is 18.7 Å². The van der Waals surface area contributed by atoms with E-state index in [1.165, 1.54) is 4.68 Å². The maximum absolute atomic E-state index is 12.4. The molecule has 2 aromatic carbocycles. The number of benzene rings is 2. The first-order chi connectivity index (χ1) is 13.5. The third-order valence-electron chi connectivity index (χ3n) is 4.02. The summed E-state index contributed by atoms with van der Waals surface area (Å²) in [6.07, 6.45) is 0. The molecule has 0 spiro atoms. The number of carbonyl (C=O) groups is 1.